The van der Waals surface area contributed by atoms with Crippen LogP contribution in [0.25, 0.3) is 0 Å². The topological polar surface area (TPSA) is 113 Å². The Morgan fingerprint density at radius 1 is 1.53 bits per heavy atom. The van der Waals surface area contributed by atoms with E-state index in [1.54, 1.807) is 0 Å². The van der Waals surface area contributed by atoms with Crippen LogP contribution in [0.15, 0.2) is 0 Å². The Kier molecular flexibility index (Phi) is 4.02. The lowest BCUT2D eigenvalue weighted by Crippen LogP contribution is -2.45. The maximum Gasteiger partial charge on any atom is 0.416 e. The van der Waals surface area contributed by atoms with E-state index in [0.29, 0.717) is 11.3 Å². The van der Waals surface area contributed by atoms with E-state index in [1.165, 1.54) is 0 Å². The van der Waals surface area contributed by atoms with E-state index in [9.17, 15) is 19.2 Å². The highest BCUT2D eigenvalue weighted by molar-refractivity contribution is 5.98. The molecule has 0 unspecified atom stereocenters. The smallest absolute Gasteiger partial charge is 0.416 e. The maximum absolute atomic E-state index is 11.6. The summed E-state index contributed by atoms with van der Waals surface area (Å²) < 4.78 is 4.33. The van der Waals surface area contributed by atoms with Crippen molar-refractivity contribution in [3.63, 3.8) is 0 Å². The van der Waals surface area contributed by atoms with E-state index in [-0.39, 0.29) is 12.3 Å². The van der Waals surface area contributed by atoms with Gasteiger partial charge in [-0.1, -0.05) is 0 Å². The van der Waals surface area contributed by atoms with E-state index >= 15 is 0 Å². The molecule has 1 rings (SSSR count). The van der Waals surface area contributed by atoms with Gasteiger partial charge in [0.05, 0.1) is 0 Å². The minimum absolute atomic E-state index is 0.231. The molecule has 3 amide bonds. The molecule has 8 heteroatoms. The summed E-state index contributed by atoms with van der Waals surface area (Å²) in [6.07, 6.45) is -0.513. The van der Waals surface area contributed by atoms with Crippen LogP contribution in [0.5, 0.6) is 0 Å². The van der Waals surface area contributed by atoms with Crippen molar-refractivity contribution in [2.45, 2.75) is 18.9 Å². The van der Waals surface area contributed by atoms with Crippen molar-refractivity contribution in [2.75, 3.05) is 13.7 Å². The summed E-state index contributed by atoms with van der Waals surface area (Å²) in [5.41, 5.74) is 0. The van der Waals surface area contributed by atoms with E-state index in [0.717, 1.165) is 7.05 Å². The van der Waals surface area contributed by atoms with E-state index in [4.69, 9.17) is 5.11 Å². The van der Waals surface area contributed by atoms with Gasteiger partial charge in [-0.3, -0.25) is 9.59 Å². The monoisotopic (exact) mass is 244 g/mol. The van der Waals surface area contributed by atoms with Gasteiger partial charge in [-0.05, 0) is 6.42 Å². The van der Waals surface area contributed by atoms with Crippen molar-refractivity contribution in [1.29, 1.82) is 0 Å². The van der Waals surface area contributed by atoms with Crippen LogP contribution in [0.3, 0.4) is 0 Å². The molecule has 0 aromatic heterocycles. The molecule has 94 valence electrons. The molecule has 0 spiro atoms. The predicted molar refractivity (Wildman–Crippen MR) is 52.9 cm³/mol. The summed E-state index contributed by atoms with van der Waals surface area (Å²) in [7, 11) is 1.16. The summed E-state index contributed by atoms with van der Waals surface area (Å²) in [5.74, 6) is -2.18. The van der Waals surface area contributed by atoms with Crippen molar-refractivity contribution >= 4 is 23.9 Å². The van der Waals surface area contributed by atoms with Crippen LogP contribution in [0.1, 0.15) is 12.8 Å². The number of rotatable bonds is 3. The molecule has 17 heavy (non-hydrogen) atoms. The molecule has 0 bridgehead atoms. The molecule has 0 radical (unpaired) electrons. The molecule has 1 fully saturated rings. The lowest BCUT2D eigenvalue weighted by molar-refractivity contribution is -0.141. The number of amides is 3. The molecule has 1 heterocycles. The third-order valence-corrected chi connectivity index (χ3v) is 2.22. The molecule has 0 aromatic carbocycles. The van der Waals surface area contributed by atoms with Gasteiger partial charge in [0.2, 0.25) is 5.91 Å². The second-order valence-electron chi connectivity index (χ2n) is 3.50. The summed E-state index contributed by atoms with van der Waals surface area (Å²) in [5, 5.41) is 10.7. The average molecular weight is 244 g/mol. The number of carboxylic acid groups (broad SMARTS) is 1. The Morgan fingerprint density at radius 2 is 2.18 bits per heavy atom. The minimum atomic E-state index is -1.31. The molecule has 1 aliphatic rings. The molecular weight excluding hydrogens is 232 g/mol. The van der Waals surface area contributed by atoms with Gasteiger partial charge in [-0.2, -0.15) is 0 Å². The summed E-state index contributed by atoms with van der Waals surface area (Å²) in [6, 6.07) is -0.745. The number of hydrogen-bond acceptors (Lipinski definition) is 5. The van der Waals surface area contributed by atoms with Crippen LogP contribution in [-0.2, 0) is 19.1 Å². The SMILES string of the molecule is CN(C(=O)OCC(=O)O)C(=O)[C@@H]1CCC(=O)N1. The highest BCUT2D eigenvalue weighted by Crippen LogP contribution is 2.09. The normalized spacial score (nSPS) is 18.4. The lowest BCUT2D eigenvalue weighted by Gasteiger charge is -2.18. The molecule has 0 saturated carbocycles. The molecule has 2 N–H and O–H groups in total. The zero-order valence-electron chi connectivity index (χ0n) is 9.13. The van der Waals surface area contributed by atoms with Gasteiger partial charge in [0, 0.05) is 13.5 Å². The second-order valence-corrected chi connectivity index (χ2v) is 3.50. The van der Waals surface area contributed by atoms with Crippen LogP contribution < -0.4 is 5.32 Å². The van der Waals surface area contributed by atoms with Gasteiger partial charge in [-0.25, -0.2) is 14.5 Å². The first kappa shape index (κ1) is 12.9. The molecule has 0 aromatic rings. The number of carbonyl (C=O) groups excluding carboxylic acids is 3. The number of carboxylic acids is 1. The van der Waals surface area contributed by atoms with E-state index < -0.39 is 30.6 Å². The van der Waals surface area contributed by atoms with Crippen LogP contribution in [-0.4, -0.2) is 53.6 Å². The Hall–Kier alpha value is -2.12. The number of nitrogens with one attached hydrogen (secondary N) is 1. The molecule has 8 nitrogen and oxygen atoms in total. The number of likely N-dealkylation sites (N-methyl/N-ethyl adjacent to an activating group) is 1. The Morgan fingerprint density at radius 3 is 2.65 bits per heavy atom. The highest BCUT2D eigenvalue weighted by Gasteiger charge is 2.32. The Labute approximate surface area is 96.5 Å². The number of ether oxygens (including phenoxy) is 1. The first-order chi connectivity index (χ1) is 7.91. The fourth-order valence-corrected chi connectivity index (χ4v) is 1.34. The van der Waals surface area contributed by atoms with Gasteiger partial charge in [0.1, 0.15) is 6.04 Å². The number of hydrogen-bond donors (Lipinski definition) is 2. The number of aliphatic carboxylic acids is 1. The predicted octanol–water partition coefficient (Wildman–Crippen LogP) is -1.06. The number of carbonyl (C=O) groups is 4. The fourth-order valence-electron chi connectivity index (χ4n) is 1.34. The molecule has 1 saturated heterocycles. The van der Waals surface area contributed by atoms with Crippen molar-refractivity contribution in [2.24, 2.45) is 0 Å². The van der Waals surface area contributed by atoms with Crippen molar-refractivity contribution < 1.29 is 29.0 Å². The third-order valence-electron chi connectivity index (χ3n) is 2.22. The largest absolute Gasteiger partial charge is 0.479 e. The minimum Gasteiger partial charge on any atom is -0.479 e. The maximum atomic E-state index is 11.6. The molecule has 1 aliphatic heterocycles. The van der Waals surface area contributed by atoms with Crippen LogP contribution in [0.4, 0.5) is 4.79 Å². The zero-order valence-corrected chi connectivity index (χ0v) is 9.13. The Balaban J connectivity index is 2.48. The standard InChI is InChI=1S/C9H12N2O6/c1-11(9(16)17-4-7(13)14)8(15)5-2-3-6(12)10-5/h5H,2-4H2,1H3,(H,10,12)(H,13,14)/t5-/m0/s1. The van der Waals surface area contributed by atoms with Gasteiger partial charge < -0.3 is 15.2 Å². The number of imide groups is 1. The Bertz CT molecular complexity index is 366. The third kappa shape index (κ3) is 3.44. The average Bonchev–Trinajstić information content (AvgIpc) is 2.70. The summed E-state index contributed by atoms with van der Waals surface area (Å²) >= 11 is 0. The molecule has 1 atom stereocenters. The first-order valence-corrected chi connectivity index (χ1v) is 4.87. The van der Waals surface area contributed by atoms with E-state index in [2.05, 4.69) is 10.1 Å². The fraction of sp³-hybridized carbons (Fsp3) is 0.556. The lowest BCUT2D eigenvalue weighted by atomic mass is 10.2. The zero-order chi connectivity index (χ0) is 13.0. The van der Waals surface area contributed by atoms with Crippen molar-refractivity contribution in [3.8, 4) is 0 Å². The molecular formula is C9H12N2O6. The van der Waals surface area contributed by atoms with Crippen LogP contribution in [0.2, 0.25) is 0 Å². The molecule has 0 aliphatic carbocycles. The summed E-state index contributed by atoms with van der Waals surface area (Å²) in [6.45, 7) is -0.812. The van der Waals surface area contributed by atoms with Gasteiger partial charge in [0.15, 0.2) is 6.61 Å². The van der Waals surface area contributed by atoms with E-state index in [1.807, 2.05) is 0 Å². The van der Waals surface area contributed by atoms with Crippen molar-refractivity contribution in [3.05, 3.63) is 0 Å². The highest BCUT2D eigenvalue weighted by atomic mass is 16.6. The van der Waals surface area contributed by atoms with Crippen molar-refractivity contribution in [1.82, 2.24) is 10.2 Å². The van der Waals surface area contributed by atoms with Gasteiger partial charge in [0.25, 0.3) is 5.91 Å². The summed E-state index contributed by atoms with van der Waals surface area (Å²) in [4.78, 5) is 44.6. The van der Waals surface area contributed by atoms with Gasteiger partial charge in [-0.15, -0.1) is 0 Å². The number of nitrogens with zero attached hydrogens (tertiary/aromatic N) is 1. The van der Waals surface area contributed by atoms with Gasteiger partial charge >= 0.3 is 12.1 Å². The van der Waals surface area contributed by atoms with Crippen LogP contribution in [0, 0.1) is 0 Å². The van der Waals surface area contributed by atoms with Crippen LogP contribution >= 0.6 is 0 Å². The first-order valence-electron chi connectivity index (χ1n) is 4.87. The quantitative estimate of drug-likeness (QED) is 0.654. The second kappa shape index (κ2) is 5.28.